The molecule has 1 saturated carbocycles. The lowest BCUT2D eigenvalue weighted by molar-refractivity contribution is -0.143. The van der Waals surface area contributed by atoms with Crippen LogP contribution in [0.15, 0.2) is 0 Å². The monoisotopic (exact) mass is 211 g/mol. The van der Waals surface area contributed by atoms with Crippen molar-refractivity contribution in [2.45, 2.75) is 45.1 Å². The molecule has 3 atom stereocenters. The Kier molecular flexibility index (Phi) is 2.44. The summed E-state index contributed by atoms with van der Waals surface area (Å²) in [6.07, 6.45) is 4.33. The Balaban J connectivity index is 2.23. The van der Waals surface area contributed by atoms with Gasteiger partial charge >= 0.3 is 5.97 Å². The fourth-order valence-corrected chi connectivity index (χ4v) is 3.23. The number of carboxylic acids is 1. The highest BCUT2D eigenvalue weighted by atomic mass is 16.4. The van der Waals surface area contributed by atoms with E-state index in [-0.39, 0.29) is 11.3 Å². The number of aliphatic carboxylic acids is 1. The van der Waals surface area contributed by atoms with Crippen molar-refractivity contribution >= 4 is 11.9 Å². The predicted octanol–water partition coefficient (Wildman–Crippen LogP) is 1.16. The number of nitrogens with one attached hydrogen (secondary N) is 1. The largest absolute Gasteiger partial charge is 0.480 e. The highest BCUT2D eigenvalue weighted by molar-refractivity contribution is 5.89. The van der Waals surface area contributed by atoms with Gasteiger partial charge in [0.2, 0.25) is 5.91 Å². The number of carbonyl (C=O) groups is 2. The first kappa shape index (κ1) is 10.5. The highest BCUT2D eigenvalue weighted by Gasteiger charge is 2.51. The number of carbonyl (C=O) groups excluding carboxylic acids is 1. The molecule has 0 bridgehead atoms. The van der Waals surface area contributed by atoms with Gasteiger partial charge in [0.15, 0.2) is 0 Å². The van der Waals surface area contributed by atoms with Gasteiger partial charge in [-0.2, -0.15) is 0 Å². The lowest BCUT2D eigenvalue weighted by atomic mass is 9.66. The minimum absolute atomic E-state index is 0.100. The van der Waals surface area contributed by atoms with Gasteiger partial charge in [-0.05, 0) is 18.8 Å². The average molecular weight is 211 g/mol. The molecule has 0 aromatic heterocycles. The fraction of sp³-hybridized carbons (Fsp3) is 0.818. The molecular weight excluding hydrogens is 194 g/mol. The van der Waals surface area contributed by atoms with Gasteiger partial charge in [0.05, 0.1) is 0 Å². The first-order chi connectivity index (χ1) is 7.03. The third-order valence-corrected chi connectivity index (χ3v) is 3.80. The van der Waals surface area contributed by atoms with Crippen molar-refractivity contribution in [1.29, 1.82) is 0 Å². The first-order valence-electron chi connectivity index (χ1n) is 5.56. The summed E-state index contributed by atoms with van der Waals surface area (Å²) in [6, 6.07) is -0.659. The Bertz CT molecular complexity index is 302. The first-order valence-corrected chi connectivity index (χ1v) is 5.56. The van der Waals surface area contributed by atoms with E-state index < -0.39 is 12.0 Å². The molecule has 84 valence electrons. The second kappa shape index (κ2) is 3.51. The molecule has 2 N–H and O–H groups in total. The van der Waals surface area contributed by atoms with Crippen LogP contribution in [0.3, 0.4) is 0 Å². The van der Waals surface area contributed by atoms with E-state index in [0.717, 1.165) is 25.7 Å². The molecule has 1 aliphatic heterocycles. The Hall–Kier alpha value is -1.06. The Morgan fingerprint density at radius 3 is 2.93 bits per heavy atom. The lowest BCUT2D eigenvalue weighted by Gasteiger charge is -2.38. The minimum Gasteiger partial charge on any atom is -0.480 e. The summed E-state index contributed by atoms with van der Waals surface area (Å²) in [4.78, 5) is 22.5. The molecule has 4 heteroatoms. The van der Waals surface area contributed by atoms with Crippen molar-refractivity contribution in [3.05, 3.63) is 0 Å². The van der Waals surface area contributed by atoms with Gasteiger partial charge < -0.3 is 10.4 Å². The topological polar surface area (TPSA) is 66.4 Å². The molecule has 3 unspecified atom stereocenters. The summed E-state index contributed by atoms with van der Waals surface area (Å²) in [5, 5.41) is 11.7. The molecule has 1 amide bonds. The van der Waals surface area contributed by atoms with Gasteiger partial charge in [-0.15, -0.1) is 0 Å². The Labute approximate surface area is 89.0 Å². The van der Waals surface area contributed by atoms with Crippen molar-refractivity contribution in [1.82, 2.24) is 5.32 Å². The number of carboxylic acid groups (broad SMARTS) is 1. The highest BCUT2D eigenvalue weighted by Crippen LogP contribution is 2.47. The van der Waals surface area contributed by atoms with Gasteiger partial charge in [-0.25, -0.2) is 4.79 Å². The second-order valence-electron chi connectivity index (χ2n) is 5.08. The molecule has 15 heavy (non-hydrogen) atoms. The molecule has 1 heterocycles. The predicted molar refractivity (Wildman–Crippen MR) is 54.2 cm³/mol. The zero-order valence-corrected chi connectivity index (χ0v) is 8.95. The molecule has 1 saturated heterocycles. The zero-order chi connectivity index (χ0) is 11.1. The van der Waals surface area contributed by atoms with Crippen LogP contribution in [0.1, 0.15) is 39.0 Å². The SMILES string of the molecule is CC1CCCC2(CC(=O)NC2C(=O)O)C1. The van der Waals surface area contributed by atoms with Gasteiger partial charge in [0.1, 0.15) is 6.04 Å². The van der Waals surface area contributed by atoms with E-state index in [9.17, 15) is 9.59 Å². The van der Waals surface area contributed by atoms with E-state index in [1.165, 1.54) is 0 Å². The van der Waals surface area contributed by atoms with E-state index >= 15 is 0 Å². The molecular formula is C11H17NO3. The van der Waals surface area contributed by atoms with E-state index in [2.05, 4.69) is 12.2 Å². The van der Waals surface area contributed by atoms with E-state index in [1.54, 1.807) is 0 Å². The Morgan fingerprint density at radius 2 is 2.33 bits per heavy atom. The molecule has 2 rings (SSSR count). The summed E-state index contributed by atoms with van der Waals surface area (Å²) in [6.45, 7) is 2.14. The number of rotatable bonds is 1. The maximum atomic E-state index is 11.4. The second-order valence-corrected chi connectivity index (χ2v) is 5.08. The standard InChI is InChI=1S/C11H17NO3/c1-7-3-2-4-11(5-7)6-8(13)12-9(11)10(14)15/h7,9H,2-6H2,1H3,(H,12,13)(H,14,15). The van der Waals surface area contributed by atoms with Crippen molar-refractivity contribution in [2.75, 3.05) is 0 Å². The number of hydrogen-bond donors (Lipinski definition) is 2. The Morgan fingerprint density at radius 1 is 1.60 bits per heavy atom. The van der Waals surface area contributed by atoms with Crippen LogP contribution < -0.4 is 5.32 Å². The maximum Gasteiger partial charge on any atom is 0.326 e. The zero-order valence-electron chi connectivity index (χ0n) is 8.95. The molecule has 0 radical (unpaired) electrons. The molecule has 1 aliphatic carbocycles. The molecule has 2 fully saturated rings. The van der Waals surface area contributed by atoms with Crippen LogP contribution >= 0.6 is 0 Å². The number of hydrogen-bond acceptors (Lipinski definition) is 2. The molecule has 2 aliphatic rings. The quantitative estimate of drug-likeness (QED) is 0.684. The van der Waals surface area contributed by atoms with Gasteiger partial charge in [0.25, 0.3) is 0 Å². The molecule has 1 spiro atoms. The average Bonchev–Trinajstić information content (AvgIpc) is 2.42. The van der Waals surface area contributed by atoms with Crippen molar-refractivity contribution in [3.63, 3.8) is 0 Å². The van der Waals surface area contributed by atoms with Crippen LogP contribution in [-0.4, -0.2) is 23.0 Å². The number of amides is 1. The van der Waals surface area contributed by atoms with Crippen LogP contribution in [0.2, 0.25) is 0 Å². The van der Waals surface area contributed by atoms with Crippen LogP contribution in [-0.2, 0) is 9.59 Å². The normalized spacial score (nSPS) is 40.5. The van der Waals surface area contributed by atoms with Crippen LogP contribution in [0.25, 0.3) is 0 Å². The summed E-state index contributed by atoms with van der Waals surface area (Å²) in [5.74, 6) is -0.445. The summed E-state index contributed by atoms with van der Waals surface area (Å²) in [7, 11) is 0. The fourth-order valence-electron chi connectivity index (χ4n) is 3.23. The summed E-state index contributed by atoms with van der Waals surface area (Å²) < 4.78 is 0. The lowest BCUT2D eigenvalue weighted by Crippen LogP contribution is -2.45. The van der Waals surface area contributed by atoms with Gasteiger partial charge in [-0.1, -0.05) is 19.8 Å². The van der Waals surface area contributed by atoms with Crippen molar-refractivity contribution < 1.29 is 14.7 Å². The smallest absolute Gasteiger partial charge is 0.326 e. The van der Waals surface area contributed by atoms with E-state index in [1.807, 2.05) is 0 Å². The molecule has 4 nitrogen and oxygen atoms in total. The van der Waals surface area contributed by atoms with Crippen molar-refractivity contribution in [3.8, 4) is 0 Å². The van der Waals surface area contributed by atoms with Crippen LogP contribution in [0.5, 0.6) is 0 Å². The van der Waals surface area contributed by atoms with Crippen molar-refractivity contribution in [2.24, 2.45) is 11.3 Å². The van der Waals surface area contributed by atoms with Gasteiger partial charge in [0, 0.05) is 11.8 Å². The maximum absolute atomic E-state index is 11.4. The van der Waals surface area contributed by atoms with Crippen LogP contribution in [0.4, 0.5) is 0 Å². The van der Waals surface area contributed by atoms with Gasteiger partial charge in [-0.3, -0.25) is 4.79 Å². The third kappa shape index (κ3) is 1.73. The summed E-state index contributed by atoms with van der Waals surface area (Å²) in [5.41, 5.74) is -0.305. The summed E-state index contributed by atoms with van der Waals surface area (Å²) >= 11 is 0. The molecule has 0 aromatic carbocycles. The minimum atomic E-state index is -0.880. The van der Waals surface area contributed by atoms with E-state index in [4.69, 9.17) is 5.11 Å². The molecule has 0 aromatic rings. The third-order valence-electron chi connectivity index (χ3n) is 3.80. The van der Waals surface area contributed by atoms with Crippen LogP contribution in [0, 0.1) is 11.3 Å². The van der Waals surface area contributed by atoms with E-state index in [0.29, 0.717) is 12.3 Å².